The molecule has 2 heterocycles. The molecule has 0 radical (unpaired) electrons. The van der Waals surface area contributed by atoms with Gasteiger partial charge in [-0.15, -0.1) is 0 Å². The van der Waals surface area contributed by atoms with Crippen molar-refractivity contribution in [1.82, 2.24) is 10.2 Å². The summed E-state index contributed by atoms with van der Waals surface area (Å²) >= 11 is 0. The lowest BCUT2D eigenvalue weighted by atomic mass is 10.1. The third-order valence-corrected chi connectivity index (χ3v) is 4.46. The van der Waals surface area contributed by atoms with Gasteiger partial charge in [-0.3, -0.25) is 4.79 Å². The molecule has 6 nitrogen and oxygen atoms in total. The van der Waals surface area contributed by atoms with Crippen molar-refractivity contribution in [3.8, 4) is 6.19 Å². The maximum atomic E-state index is 14.4. The van der Waals surface area contributed by atoms with Crippen LogP contribution >= 0.6 is 0 Å². The number of rotatable bonds is 3. The summed E-state index contributed by atoms with van der Waals surface area (Å²) in [7, 11) is 0. The largest absolute Gasteiger partial charge is 0.375 e. The molecule has 0 saturated carbocycles. The molecule has 0 aromatic heterocycles. The molecule has 2 aliphatic heterocycles. The highest BCUT2D eigenvalue weighted by Gasteiger charge is 2.24. The van der Waals surface area contributed by atoms with Crippen molar-refractivity contribution in [3.05, 3.63) is 29.6 Å². The van der Waals surface area contributed by atoms with E-state index in [1.165, 1.54) is 6.07 Å². The second-order valence-electron chi connectivity index (χ2n) is 6.30. The van der Waals surface area contributed by atoms with Gasteiger partial charge >= 0.3 is 0 Å². The molecule has 0 bridgehead atoms. The van der Waals surface area contributed by atoms with Gasteiger partial charge in [-0.1, -0.05) is 0 Å². The van der Waals surface area contributed by atoms with E-state index in [2.05, 4.69) is 11.5 Å². The van der Waals surface area contributed by atoms with E-state index < -0.39 is 5.82 Å². The zero-order chi connectivity index (χ0) is 17.1. The fraction of sp³-hybridized carbons (Fsp3) is 0.529. The van der Waals surface area contributed by atoms with Gasteiger partial charge in [-0.2, -0.15) is 5.26 Å². The van der Waals surface area contributed by atoms with Gasteiger partial charge in [0.25, 0.3) is 5.91 Å². The minimum absolute atomic E-state index is 0.0616. The molecule has 128 valence electrons. The Bertz CT molecular complexity index is 660. The Morgan fingerprint density at radius 1 is 1.42 bits per heavy atom. The Morgan fingerprint density at radius 2 is 2.25 bits per heavy atom. The molecule has 2 fully saturated rings. The topological polar surface area (TPSA) is 68.6 Å². The van der Waals surface area contributed by atoms with Crippen LogP contribution in [0, 0.1) is 17.3 Å². The Morgan fingerprint density at radius 3 is 2.92 bits per heavy atom. The monoisotopic (exact) mass is 332 g/mol. The van der Waals surface area contributed by atoms with Gasteiger partial charge in [-0.05, 0) is 31.5 Å². The maximum absolute atomic E-state index is 14.4. The molecule has 0 spiro atoms. The number of carbonyl (C=O) groups is 1. The van der Waals surface area contributed by atoms with Crippen LogP contribution in [0.3, 0.4) is 0 Å². The lowest BCUT2D eigenvalue weighted by molar-refractivity contribution is 0.0530. The first-order valence-electron chi connectivity index (χ1n) is 8.18. The minimum Gasteiger partial charge on any atom is -0.375 e. The summed E-state index contributed by atoms with van der Waals surface area (Å²) in [4.78, 5) is 15.8. The van der Waals surface area contributed by atoms with Crippen molar-refractivity contribution in [1.29, 1.82) is 5.26 Å². The quantitative estimate of drug-likeness (QED) is 0.846. The van der Waals surface area contributed by atoms with Crippen LogP contribution in [0.5, 0.6) is 0 Å². The summed E-state index contributed by atoms with van der Waals surface area (Å²) in [6, 6.07) is 4.51. The molecule has 0 aliphatic carbocycles. The van der Waals surface area contributed by atoms with E-state index >= 15 is 0 Å². The fourth-order valence-corrected chi connectivity index (χ4v) is 3.18. The number of halogens is 1. The number of nitrogens with one attached hydrogen (secondary N) is 1. The summed E-state index contributed by atoms with van der Waals surface area (Å²) in [6.07, 6.45) is 2.86. The number of anilines is 1. The number of hydrogen-bond acceptors (Lipinski definition) is 5. The van der Waals surface area contributed by atoms with Crippen LogP contribution < -0.4 is 10.2 Å². The molecule has 2 unspecified atom stereocenters. The fourth-order valence-electron chi connectivity index (χ4n) is 3.18. The van der Waals surface area contributed by atoms with Gasteiger partial charge in [0.15, 0.2) is 6.19 Å². The zero-order valence-electron chi connectivity index (χ0n) is 13.7. The molecule has 1 aromatic rings. The van der Waals surface area contributed by atoms with Crippen LogP contribution in [0.1, 0.15) is 23.7 Å². The normalized spacial score (nSPS) is 23.9. The first-order valence-corrected chi connectivity index (χ1v) is 8.18. The van der Waals surface area contributed by atoms with E-state index in [1.54, 1.807) is 17.0 Å². The minimum atomic E-state index is -0.401. The first kappa shape index (κ1) is 16.5. The van der Waals surface area contributed by atoms with Crippen LogP contribution in [0.2, 0.25) is 0 Å². The molecule has 2 aliphatic rings. The summed E-state index contributed by atoms with van der Waals surface area (Å²) in [6.45, 7) is 4.95. The van der Waals surface area contributed by atoms with Crippen LogP contribution in [0.15, 0.2) is 18.2 Å². The lowest BCUT2D eigenvalue weighted by Crippen LogP contribution is -2.41. The highest BCUT2D eigenvalue weighted by molar-refractivity contribution is 5.94. The Kier molecular flexibility index (Phi) is 4.86. The summed E-state index contributed by atoms with van der Waals surface area (Å²) in [5.74, 6) is -0.706. The van der Waals surface area contributed by atoms with E-state index in [1.807, 2.05) is 11.8 Å². The average Bonchev–Trinajstić information content (AvgIpc) is 3.02. The highest BCUT2D eigenvalue weighted by atomic mass is 19.1. The zero-order valence-corrected chi connectivity index (χ0v) is 13.7. The Labute approximate surface area is 140 Å². The number of morpholine rings is 1. The number of ether oxygens (including phenoxy) is 1. The summed E-state index contributed by atoms with van der Waals surface area (Å²) < 4.78 is 19.9. The smallest absolute Gasteiger partial charge is 0.251 e. The molecule has 2 atom stereocenters. The number of amides is 1. The third kappa shape index (κ3) is 3.60. The molecule has 1 N–H and O–H groups in total. The van der Waals surface area contributed by atoms with Crippen LogP contribution in [0.25, 0.3) is 0 Å². The number of carbonyl (C=O) groups excluding carboxylic acids is 1. The van der Waals surface area contributed by atoms with Crippen molar-refractivity contribution in [2.45, 2.75) is 25.5 Å². The number of hydrogen-bond donors (Lipinski definition) is 1. The Hall–Kier alpha value is -2.33. The van der Waals surface area contributed by atoms with Gasteiger partial charge in [0.1, 0.15) is 5.82 Å². The van der Waals surface area contributed by atoms with E-state index in [0.29, 0.717) is 44.0 Å². The van der Waals surface area contributed by atoms with Gasteiger partial charge in [0.05, 0.1) is 18.4 Å². The number of benzene rings is 1. The van der Waals surface area contributed by atoms with Crippen molar-refractivity contribution in [2.75, 3.05) is 37.7 Å². The van der Waals surface area contributed by atoms with Crippen molar-refractivity contribution < 1.29 is 13.9 Å². The predicted molar refractivity (Wildman–Crippen MR) is 87.1 cm³/mol. The van der Waals surface area contributed by atoms with Crippen LogP contribution in [0.4, 0.5) is 10.1 Å². The average molecular weight is 332 g/mol. The van der Waals surface area contributed by atoms with Crippen molar-refractivity contribution >= 4 is 11.6 Å². The lowest BCUT2D eigenvalue weighted by Gasteiger charge is -2.33. The Balaban J connectivity index is 1.66. The van der Waals surface area contributed by atoms with E-state index in [0.717, 1.165) is 6.42 Å². The highest BCUT2D eigenvalue weighted by Crippen LogP contribution is 2.23. The first-order chi connectivity index (χ1) is 11.6. The van der Waals surface area contributed by atoms with Crippen LogP contribution in [-0.4, -0.2) is 55.7 Å². The van der Waals surface area contributed by atoms with E-state index in [4.69, 9.17) is 10.00 Å². The SMILES string of the molecule is CC1CN(c2ccc(C(=O)NC3CCN(C#N)C3)cc2F)CCO1. The van der Waals surface area contributed by atoms with Crippen LogP contribution in [-0.2, 0) is 4.74 Å². The molecule has 7 heteroatoms. The van der Waals surface area contributed by atoms with Gasteiger partial charge in [0, 0.05) is 37.8 Å². The summed E-state index contributed by atoms with van der Waals surface area (Å²) in [5.41, 5.74) is 0.797. The van der Waals surface area contributed by atoms with Crippen molar-refractivity contribution in [2.24, 2.45) is 0 Å². The number of nitriles is 1. The number of likely N-dealkylation sites (tertiary alicyclic amines) is 1. The third-order valence-electron chi connectivity index (χ3n) is 4.46. The van der Waals surface area contributed by atoms with Gasteiger partial charge in [-0.25, -0.2) is 4.39 Å². The molecule has 24 heavy (non-hydrogen) atoms. The molecular weight excluding hydrogens is 311 g/mol. The molecular formula is C17H21FN4O2. The number of nitrogens with zero attached hydrogens (tertiary/aromatic N) is 3. The molecule has 1 aromatic carbocycles. The molecule has 2 saturated heterocycles. The predicted octanol–water partition coefficient (Wildman–Crippen LogP) is 1.34. The van der Waals surface area contributed by atoms with Gasteiger partial charge < -0.3 is 19.9 Å². The second kappa shape index (κ2) is 7.05. The maximum Gasteiger partial charge on any atom is 0.251 e. The van der Waals surface area contributed by atoms with Gasteiger partial charge in [0.2, 0.25) is 0 Å². The van der Waals surface area contributed by atoms with Crippen molar-refractivity contribution in [3.63, 3.8) is 0 Å². The standard InChI is InChI=1S/C17H21FN4O2/c1-12-9-22(6-7-24-12)16-3-2-13(8-15(16)18)17(23)20-14-4-5-21(10-14)11-19/h2-3,8,12,14H,4-7,9-10H2,1H3,(H,20,23). The molecule has 1 amide bonds. The summed E-state index contributed by atoms with van der Waals surface area (Å²) in [5, 5.41) is 11.7. The van der Waals surface area contributed by atoms with E-state index in [9.17, 15) is 9.18 Å². The second-order valence-corrected chi connectivity index (χ2v) is 6.30. The van der Waals surface area contributed by atoms with E-state index in [-0.39, 0.29) is 18.1 Å². The molecule has 3 rings (SSSR count).